The lowest BCUT2D eigenvalue weighted by Gasteiger charge is -2.40. The first-order valence-corrected chi connectivity index (χ1v) is 10.3. The number of halogens is 3. The summed E-state index contributed by atoms with van der Waals surface area (Å²) in [6.07, 6.45) is -5.63. The van der Waals surface area contributed by atoms with Crippen molar-refractivity contribution in [2.45, 2.75) is 37.7 Å². The third-order valence-corrected chi connectivity index (χ3v) is 5.67. The second kappa shape index (κ2) is 8.88. The summed E-state index contributed by atoms with van der Waals surface area (Å²) in [6.45, 7) is 1.60. The Labute approximate surface area is 177 Å². The Morgan fingerprint density at radius 1 is 1.16 bits per heavy atom. The molecule has 2 aliphatic rings. The van der Waals surface area contributed by atoms with Gasteiger partial charge in [0.15, 0.2) is 0 Å². The Kier molecular flexibility index (Phi) is 6.19. The van der Waals surface area contributed by atoms with E-state index in [0.717, 1.165) is 10.5 Å². The number of ether oxygens (including phenoxy) is 1. The fourth-order valence-electron chi connectivity index (χ4n) is 4.14. The maximum absolute atomic E-state index is 13.9. The van der Waals surface area contributed by atoms with E-state index in [1.54, 1.807) is 0 Å². The van der Waals surface area contributed by atoms with E-state index in [9.17, 15) is 23.1 Å². The number of hydrogen-bond acceptors (Lipinski definition) is 6. The topological polar surface area (TPSA) is 70.8 Å². The van der Waals surface area contributed by atoms with E-state index in [-0.39, 0.29) is 31.9 Å². The molecule has 1 fully saturated rings. The molecule has 168 valence electrons. The second-order valence-corrected chi connectivity index (χ2v) is 7.85. The highest BCUT2D eigenvalue weighted by Crippen LogP contribution is 2.34. The Morgan fingerprint density at radius 3 is 2.55 bits per heavy atom. The van der Waals surface area contributed by atoms with Gasteiger partial charge >= 0.3 is 6.18 Å². The minimum Gasteiger partial charge on any atom is -0.391 e. The van der Waals surface area contributed by atoms with Crippen LogP contribution in [0.2, 0.25) is 0 Å². The molecule has 3 heterocycles. The first-order chi connectivity index (χ1) is 14.8. The summed E-state index contributed by atoms with van der Waals surface area (Å²) in [6, 6.07) is 8.63. The number of rotatable bonds is 5. The molecule has 0 aliphatic carbocycles. The predicted octanol–water partition coefficient (Wildman–Crippen LogP) is 1.82. The molecule has 2 aliphatic heterocycles. The molecule has 0 bridgehead atoms. The molecule has 0 amide bonds. The van der Waals surface area contributed by atoms with E-state index in [4.69, 9.17) is 4.74 Å². The Morgan fingerprint density at radius 2 is 1.87 bits per heavy atom. The number of aliphatic hydroxyl groups excluding tert-OH is 1. The third-order valence-electron chi connectivity index (χ3n) is 5.67. The molecule has 1 saturated heterocycles. The zero-order valence-corrected chi connectivity index (χ0v) is 17.0. The number of aromatic nitrogens is 2. The molecule has 1 aromatic carbocycles. The van der Waals surface area contributed by atoms with Crippen LogP contribution in [-0.4, -0.2) is 65.8 Å². The second-order valence-electron chi connectivity index (χ2n) is 7.85. The Bertz CT molecular complexity index is 945. The van der Waals surface area contributed by atoms with E-state index in [2.05, 4.69) is 4.98 Å². The van der Waals surface area contributed by atoms with Crippen molar-refractivity contribution >= 4 is 11.8 Å². The minimum atomic E-state index is -4.51. The molecular formula is C21H25F3N4O3. The normalized spacial score (nSPS) is 20.5. The van der Waals surface area contributed by atoms with Crippen LogP contribution in [0.1, 0.15) is 12.0 Å². The molecule has 1 unspecified atom stereocenters. The lowest BCUT2D eigenvalue weighted by Crippen LogP contribution is -2.55. The van der Waals surface area contributed by atoms with Crippen molar-refractivity contribution in [3.8, 4) is 0 Å². The van der Waals surface area contributed by atoms with Crippen LogP contribution in [0.25, 0.3) is 0 Å². The first kappa shape index (κ1) is 21.6. The molecule has 31 heavy (non-hydrogen) atoms. The summed E-state index contributed by atoms with van der Waals surface area (Å²) in [5, 5.41) is 10.6. The molecule has 0 radical (unpaired) electrons. The Balaban J connectivity index is 1.66. The van der Waals surface area contributed by atoms with Gasteiger partial charge in [0.25, 0.3) is 5.56 Å². The minimum absolute atomic E-state index is 0.0466. The van der Waals surface area contributed by atoms with Crippen LogP contribution >= 0.6 is 0 Å². The van der Waals surface area contributed by atoms with Crippen LogP contribution in [0.15, 0.2) is 41.2 Å². The van der Waals surface area contributed by atoms with E-state index >= 15 is 0 Å². The number of morpholine rings is 1. The molecule has 7 nitrogen and oxygen atoms in total. The van der Waals surface area contributed by atoms with Gasteiger partial charge in [-0.25, -0.2) is 0 Å². The average Bonchev–Trinajstić information content (AvgIpc) is 2.74. The van der Waals surface area contributed by atoms with Gasteiger partial charge in [0.05, 0.1) is 19.3 Å². The quantitative estimate of drug-likeness (QED) is 0.768. The third kappa shape index (κ3) is 4.85. The van der Waals surface area contributed by atoms with Gasteiger partial charge in [-0.1, -0.05) is 30.3 Å². The highest BCUT2D eigenvalue weighted by Gasteiger charge is 2.47. The summed E-state index contributed by atoms with van der Waals surface area (Å²) in [7, 11) is 0. The van der Waals surface area contributed by atoms with Gasteiger partial charge in [0, 0.05) is 38.7 Å². The van der Waals surface area contributed by atoms with Crippen molar-refractivity contribution in [3.63, 3.8) is 0 Å². The van der Waals surface area contributed by atoms with Gasteiger partial charge in [0.2, 0.25) is 5.95 Å². The fraction of sp³-hybridized carbons (Fsp3) is 0.524. The van der Waals surface area contributed by atoms with Crippen LogP contribution in [0.4, 0.5) is 24.9 Å². The molecule has 1 aromatic heterocycles. The van der Waals surface area contributed by atoms with Crippen molar-refractivity contribution in [1.82, 2.24) is 9.55 Å². The lowest BCUT2D eigenvalue weighted by molar-refractivity contribution is -0.153. The smallest absolute Gasteiger partial charge is 0.391 e. The van der Waals surface area contributed by atoms with Gasteiger partial charge < -0.3 is 19.6 Å². The molecule has 0 spiro atoms. The van der Waals surface area contributed by atoms with Crippen LogP contribution < -0.4 is 15.4 Å². The number of β-amino-alcohol motifs (C(OH)–C–C–N with tert-alkyl or cyclic N) is 1. The zero-order chi connectivity index (χ0) is 22.0. The summed E-state index contributed by atoms with van der Waals surface area (Å²) < 4.78 is 48.1. The molecule has 1 N–H and O–H groups in total. The summed E-state index contributed by atoms with van der Waals surface area (Å²) in [4.78, 5) is 20.0. The van der Waals surface area contributed by atoms with Gasteiger partial charge in [0.1, 0.15) is 11.9 Å². The van der Waals surface area contributed by atoms with Gasteiger partial charge in [-0.05, 0) is 12.0 Å². The number of alkyl halides is 3. The van der Waals surface area contributed by atoms with E-state index in [1.807, 2.05) is 35.2 Å². The van der Waals surface area contributed by atoms with E-state index in [0.29, 0.717) is 32.1 Å². The number of anilines is 2. The first-order valence-electron chi connectivity index (χ1n) is 10.3. The SMILES string of the molecule is O=c1cc(N2CCOCC2)nc2n1CC[C@@H](C(F)(F)F)N2CC(O)Cc1ccccc1. The van der Waals surface area contributed by atoms with Gasteiger partial charge in [-0.3, -0.25) is 9.36 Å². The number of aliphatic hydroxyl groups is 1. The number of nitrogens with zero attached hydrogens (tertiary/aromatic N) is 4. The number of fused-ring (bicyclic) bond motifs is 1. The molecule has 4 rings (SSSR count). The summed E-state index contributed by atoms with van der Waals surface area (Å²) in [5.41, 5.74) is 0.428. The van der Waals surface area contributed by atoms with Crippen molar-refractivity contribution < 1.29 is 23.0 Å². The molecule has 2 atom stereocenters. The predicted molar refractivity (Wildman–Crippen MR) is 109 cm³/mol. The fourth-order valence-corrected chi connectivity index (χ4v) is 4.14. The maximum Gasteiger partial charge on any atom is 0.408 e. The van der Waals surface area contributed by atoms with E-state index < -0.39 is 23.9 Å². The maximum atomic E-state index is 13.9. The van der Waals surface area contributed by atoms with Crippen LogP contribution in [0, 0.1) is 0 Å². The lowest BCUT2D eigenvalue weighted by atomic mass is 10.0. The van der Waals surface area contributed by atoms with Gasteiger partial charge in [-0.2, -0.15) is 18.2 Å². The Hall–Kier alpha value is -2.59. The summed E-state index contributed by atoms with van der Waals surface area (Å²) in [5.74, 6) is 0.291. The highest BCUT2D eigenvalue weighted by atomic mass is 19.4. The van der Waals surface area contributed by atoms with Crippen LogP contribution in [0.3, 0.4) is 0 Å². The van der Waals surface area contributed by atoms with Crippen LogP contribution in [-0.2, 0) is 17.7 Å². The monoisotopic (exact) mass is 438 g/mol. The van der Waals surface area contributed by atoms with Crippen LogP contribution in [0.5, 0.6) is 0 Å². The molecule has 0 saturated carbocycles. The molecule has 2 aromatic rings. The van der Waals surface area contributed by atoms with Crippen molar-refractivity contribution in [2.75, 3.05) is 42.6 Å². The number of hydrogen-bond donors (Lipinski definition) is 1. The van der Waals surface area contributed by atoms with E-state index in [1.165, 1.54) is 10.6 Å². The molecular weight excluding hydrogens is 413 g/mol. The standard InChI is InChI=1S/C21H25F3N4O3/c22-21(23,24)17-6-7-27-19(30)13-18(26-8-10-31-11-9-26)25-20(27)28(17)14-16(29)12-15-4-2-1-3-5-15/h1-5,13,16-17,29H,6-12,14H2/t16?,17-/m0/s1. The van der Waals surface area contributed by atoms with Crippen molar-refractivity contribution in [3.05, 3.63) is 52.3 Å². The van der Waals surface area contributed by atoms with Crippen molar-refractivity contribution in [1.29, 1.82) is 0 Å². The number of benzene rings is 1. The summed E-state index contributed by atoms with van der Waals surface area (Å²) >= 11 is 0. The zero-order valence-electron chi connectivity index (χ0n) is 17.0. The van der Waals surface area contributed by atoms with Gasteiger partial charge in [-0.15, -0.1) is 0 Å². The highest BCUT2D eigenvalue weighted by molar-refractivity contribution is 5.47. The average molecular weight is 438 g/mol. The van der Waals surface area contributed by atoms with Crippen molar-refractivity contribution in [2.24, 2.45) is 0 Å². The largest absolute Gasteiger partial charge is 0.408 e. The molecule has 10 heteroatoms.